The molecule has 0 bridgehead atoms. The van der Waals surface area contributed by atoms with Gasteiger partial charge >= 0.3 is 0 Å². The molecule has 3 heteroatoms. The van der Waals surface area contributed by atoms with Gasteiger partial charge in [-0.05, 0) is 93.3 Å². The van der Waals surface area contributed by atoms with E-state index in [-0.39, 0.29) is 16.9 Å². The van der Waals surface area contributed by atoms with Crippen LogP contribution in [-0.2, 0) is 0 Å². The van der Waals surface area contributed by atoms with Crippen molar-refractivity contribution >= 4 is 0 Å². The first-order valence-electron chi connectivity index (χ1n) is 10.7. The van der Waals surface area contributed by atoms with Gasteiger partial charge in [0.2, 0.25) is 0 Å². The van der Waals surface area contributed by atoms with Crippen molar-refractivity contribution in [1.29, 1.82) is 0 Å². The van der Waals surface area contributed by atoms with Crippen molar-refractivity contribution < 1.29 is 15.3 Å². The highest BCUT2D eigenvalue weighted by atomic mass is 16.3. The first-order chi connectivity index (χ1) is 11.6. The molecule has 4 aliphatic carbocycles. The molecule has 4 saturated carbocycles. The highest BCUT2D eigenvalue weighted by Gasteiger charge is 2.67. The lowest BCUT2D eigenvalue weighted by molar-refractivity contribution is -0.203. The monoisotopic (exact) mass is 350 g/mol. The fraction of sp³-hybridized carbons (Fsp3) is 1.00. The Bertz CT molecular complexity index is 547. The molecule has 0 radical (unpaired) electrons. The smallest absolute Gasteiger partial charge is 0.0958 e. The zero-order valence-electron chi connectivity index (χ0n) is 16.6. The van der Waals surface area contributed by atoms with Crippen molar-refractivity contribution in [3.05, 3.63) is 0 Å². The van der Waals surface area contributed by atoms with E-state index in [0.717, 1.165) is 38.5 Å². The van der Waals surface area contributed by atoms with Crippen molar-refractivity contribution in [2.24, 2.45) is 34.0 Å². The van der Waals surface area contributed by atoms with E-state index in [9.17, 15) is 15.3 Å². The second-order valence-corrected chi connectivity index (χ2v) is 10.9. The number of fused-ring (bicyclic) bond motifs is 5. The number of aliphatic hydroxyl groups excluding tert-OH is 2. The summed E-state index contributed by atoms with van der Waals surface area (Å²) in [4.78, 5) is 0. The van der Waals surface area contributed by atoms with Crippen LogP contribution >= 0.6 is 0 Å². The van der Waals surface area contributed by atoms with Crippen LogP contribution in [0.3, 0.4) is 0 Å². The molecule has 0 saturated heterocycles. The fourth-order valence-corrected chi connectivity index (χ4v) is 8.35. The Hall–Kier alpha value is -0.120. The molecule has 4 fully saturated rings. The summed E-state index contributed by atoms with van der Waals surface area (Å²) in [6.45, 7) is 8.98. The number of hydrogen-bond donors (Lipinski definition) is 3. The summed E-state index contributed by atoms with van der Waals surface area (Å²) in [5.41, 5.74) is -0.464. The molecule has 0 aromatic heterocycles. The first kappa shape index (κ1) is 18.3. The van der Waals surface area contributed by atoms with E-state index in [1.807, 2.05) is 0 Å². The average molecular weight is 351 g/mol. The molecule has 0 unspecified atom stereocenters. The van der Waals surface area contributed by atoms with E-state index in [1.165, 1.54) is 19.3 Å². The Morgan fingerprint density at radius 2 is 1.44 bits per heavy atom. The largest absolute Gasteiger partial charge is 0.393 e. The van der Waals surface area contributed by atoms with E-state index < -0.39 is 11.7 Å². The summed E-state index contributed by atoms with van der Waals surface area (Å²) < 4.78 is 0. The van der Waals surface area contributed by atoms with Gasteiger partial charge in [0.15, 0.2) is 0 Å². The lowest BCUT2D eigenvalue weighted by atomic mass is 9.40. The minimum Gasteiger partial charge on any atom is -0.393 e. The topological polar surface area (TPSA) is 60.7 Å². The van der Waals surface area contributed by atoms with Gasteiger partial charge in [-0.2, -0.15) is 0 Å². The zero-order valence-corrected chi connectivity index (χ0v) is 16.6. The van der Waals surface area contributed by atoms with Gasteiger partial charge in [0.25, 0.3) is 0 Å². The van der Waals surface area contributed by atoms with Gasteiger partial charge in [-0.25, -0.2) is 0 Å². The van der Waals surface area contributed by atoms with Gasteiger partial charge < -0.3 is 15.3 Å². The Labute approximate surface area is 153 Å². The van der Waals surface area contributed by atoms with E-state index in [2.05, 4.69) is 20.8 Å². The van der Waals surface area contributed by atoms with Crippen molar-refractivity contribution in [1.82, 2.24) is 0 Å². The van der Waals surface area contributed by atoms with E-state index in [0.29, 0.717) is 23.2 Å². The molecule has 9 atom stereocenters. The zero-order chi connectivity index (χ0) is 18.3. The Balaban J connectivity index is 1.67. The highest BCUT2D eigenvalue weighted by Crippen LogP contribution is 2.71. The maximum absolute atomic E-state index is 11.3. The summed E-state index contributed by atoms with van der Waals surface area (Å²) in [5, 5.41) is 31.9. The maximum Gasteiger partial charge on any atom is 0.0958 e. The second kappa shape index (κ2) is 5.45. The fourth-order valence-electron chi connectivity index (χ4n) is 8.35. The van der Waals surface area contributed by atoms with Crippen LogP contribution in [0.25, 0.3) is 0 Å². The molecule has 3 nitrogen and oxygen atoms in total. The summed E-state index contributed by atoms with van der Waals surface area (Å²) in [6.07, 6.45) is 8.78. The van der Waals surface area contributed by atoms with E-state index in [4.69, 9.17) is 0 Å². The predicted molar refractivity (Wildman–Crippen MR) is 99.0 cm³/mol. The van der Waals surface area contributed by atoms with Gasteiger partial charge in [0.05, 0.1) is 17.8 Å². The van der Waals surface area contributed by atoms with Crippen LogP contribution in [0, 0.1) is 34.0 Å². The van der Waals surface area contributed by atoms with Gasteiger partial charge in [-0.15, -0.1) is 0 Å². The molecule has 25 heavy (non-hydrogen) atoms. The standard InChI is InChI=1S/C22H38O3/c1-14(23)22(25)12-8-18-16-6-9-19(2)13-15(24)5-10-20(19,3)17(16)7-11-21(18,22)4/h14-18,23-25H,5-13H2,1-4H3/t14-,15+,16-,17+,18+,19+,20-,21+,22-/m1/s1. The summed E-state index contributed by atoms with van der Waals surface area (Å²) in [7, 11) is 0. The third kappa shape index (κ3) is 2.15. The highest BCUT2D eigenvalue weighted by molar-refractivity contribution is 5.16. The second-order valence-electron chi connectivity index (χ2n) is 10.9. The van der Waals surface area contributed by atoms with Crippen molar-refractivity contribution in [2.45, 2.75) is 103 Å². The molecular weight excluding hydrogens is 312 g/mol. The van der Waals surface area contributed by atoms with Crippen molar-refractivity contribution in [3.63, 3.8) is 0 Å². The molecule has 0 aromatic carbocycles. The SMILES string of the molecule is C[C@@H](O)[C@]1(O)CC[C@H]2[C@@H]3CC[C@@]4(C)C[C@@H](O)CC[C@]4(C)[C@H]3CC[C@@]21C. The van der Waals surface area contributed by atoms with Crippen LogP contribution in [0.1, 0.15) is 85.5 Å². The van der Waals surface area contributed by atoms with E-state index >= 15 is 0 Å². The molecule has 0 aromatic rings. The number of rotatable bonds is 1. The predicted octanol–water partition coefficient (Wildman–Crippen LogP) is 3.89. The average Bonchev–Trinajstić information content (AvgIpc) is 2.82. The number of aliphatic hydroxyl groups is 3. The van der Waals surface area contributed by atoms with Crippen LogP contribution in [-0.4, -0.2) is 33.1 Å². The minimum atomic E-state index is -0.910. The van der Waals surface area contributed by atoms with Gasteiger partial charge in [-0.3, -0.25) is 0 Å². The van der Waals surface area contributed by atoms with Crippen LogP contribution in [0.15, 0.2) is 0 Å². The van der Waals surface area contributed by atoms with E-state index in [1.54, 1.807) is 6.92 Å². The Kier molecular flexibility index (Phi) is 3.98. The van der Waals surface area contributed by atoms with Crippen LogP contribution in [0.2, 0.25) is 0 Å². The first-order valence-corrected chi connectivity index (χ1v) is 10.7. The van der Waals surface area contributed by atoms with Crippen molar-refractivity contribution in [2.75, 3.05) is 0 Å². The molecule has 0 amide bonds. The lowest BCUT2D eigenvalue weighted by Crippen LogP contribution is -2.61. The molecule has 0 spiro atoms. The molecular formula is C22H38O3. The minimum absolute atomic E-state index is 0.115. The molecule has 4 rings (SSSR count). The van der Waals surface area contributed by atoms with Gasteiger partial charge in [0, 0.05) is 5.41 Å². The summed E-state index contributed by atoms with van der Waals surface area (Å²) >= 11 is 0. The third-order valence-electron chi connectivity index (χ3n) is 10.3. The Morgan fingerprint density at radius 3 is 2.12 bits per heavy atom. The molecule has 144 valence electrons. The molecule has 0 heterocycles. The molecule has 0 aliphatic heterocycles. The van der Waals surface area contributed by atoms with Crippen molar-refractivity contribution in [3.8, 4) is 0 Å². The number of hydrogen-bond acceptors (Lipinski definition) is 3. The molecule has 4 aliphatic rings. The molecule has 3 N–H and O–H groups in total. The Morgan fingerprint density at radius 1 is 0.840 bits per heavy atom. The normalized spacial score (nSPS) is 59.6. The van der Waals surface area contributed by atoms with Gasteiger partial charge in [0.1, 0.15) is 0 Å². The summed E-state index contributed by atoms with van der Waals surface area (Å²) in [5.74, 6) is 1.94. The maximum atomic E-state index is 11.3. The quantitative estimate of drug-likeness (QED) is 0.672. The van der Waals surface area contributed by atoms with Crippen LogP contribution in [0.4, 0.5) is 0 Å². The van der Waals surface area contributed by atoms with Gasteiger partial charge in [-0.1, -0.05) is 20.8 Å². The van der Waals surface area contributed by atoms with Crippen LogP contribution < -0.4 is 0 Å². The van der Waals surface area contributed by atoms with Crippen LogP contribution in [0.5, 0.6) is 0 Å². The lowest BCUT2D eigenvalue weighted by Gasteiger charge is -2.65. The summed E-state index contributed by atoms with van der Waals surface area (Å²) in [6, 6.07) is 0. The third-order valence-corrected chi connectivity index (χ3v) is 10.3.